The lowest BCUT2D eigenvalue weighted by Gasteiger charge is -2.29. The van der Waals surface area contributed by atoms with Crippen LogP contribution in [0.3, 0.4) is 0 Å². The first-order chi connectivity index (χ1) is 15.1. The lowest BCUT2D eigenvalue weighted by molar-refractivity contribution is 0.0923. The lowest BCUT2D eigenvalue weighted by Crippen LogP contribution is -2.38. The fourth-order valence-electron chi connectivity index (χ4n) is 4.73. The average Bonchev–Trinajstić information content (AvgIpc) is 3.14. The highest BCUT2D eigenvalue weighted by molar-refractivity contribution is 5.95. The third kappa shape index (κ3) is 3.85. The molecule has 0 radical (unpaired) electrons. The normalized spacial score (nSPS) is 20.6. The Balaban J connectivity index is 1.31. The molecule has 1 saturated carbocycles. The number of fused-ring (bicyclic) bond motifs is 2. The zero-order valence-electron chi connectivity index (χ0n) is 17.6. The molecular formula is C24H27N3O4. The van der Waals surface area contributed by atoms with Crippen LogP contribution in [0.4, 0.5) is 0 Å². The Morgan fingerprint density at radius 1 is 1.16 bits per heavy atom. The minimum absolute atomic E-state index is 0.0217. The molecule has 0 bridgehead atoms. The van der Waals surface area contributed by atoms with Gasteiger partial charge in [0.05, 0.1) is 17.6 Å². The first kappa shape index (κ1) is 19.9. The third-order valence-electron chi connectivity index (χ3n) is 6.34. The molecule has 0 spiro atoms. The van der Waals surface area contributed by atoms with Crippen molar-refractivity contribution < 1.29 is 19.4 Å². The Morgan fingerprint density at radius 2 is 2.00 bits per heavy atom. The summed E-state index contributed by atoms with van der Waals surface area (Å²) in [5, 5.41) is 12.6. The molecule has 3 aromatic rings. The van der Waals surface area contributed by atoms with Gasteiger partial charge in [-0.3, -0.25) is 4.79 Å². The number of imidazole rings is 1. The van der Waals surface area contributed by atoms with Gasteiger partial charge in [-0.2, -0.15) is 0 Å². The number of amides is 1. The Labute approximate surface area is 181 Å². The van der Waals surface area contributed by atoms with Crippen molar-refractivity contribution in [2.24, 2.45) is 7.05 Å². The number of ether oxygens (including phenoxy) is 2. The number of carbonyl (C=O) groups is 1. The van der Waals surface area contributed by atoms with Crippen molar-refractivity contribution in [1.29, 1.82) is 0 Å². The molecule has 7 heteroatoms. The van der Waals surface area contributed by atoms with E-state index < -0.39 is 0 Å². The second kappa shape index (κ2) is 8.23. The number of aryl methyl sites for hydroxylation is 1. The SMILES string of the molecule is Cn1c(C2CCCC(NC(=O)c3ccc4c(c3)OCCO4)C2)nc2ccc(CO)cc21. The Kier molecular flexibility index (Phi) is 5.28. The predicted octanol–water partition coefficient (Wildman–Crippen LogP) is 3.29. The number of carbonyl (C=O) groups excluding carboxylic acids is 1. The van der Waals surface area contributed by atoms with Gasteiger partial charge in [-0.1, -0.05) is 12.5 Å². The molecule has 1 fully saturated rings. The van der Waals surface area contributed by atoms with E-state index in [1.807, 2.05) is 25.2 Å². The van der Waals surface area contributed by atoms with Crippen LogP contribution in [0, 0.1) is 0 Å². The van der Waals surface area contributed by atoms with E-state index in [-0.39, 0.29) is 24.5 Å². The highest BCUT2D eigenvalue weighted by Crippen LogP contribution is 2.35. The lowest BCUT2D eigenvalue weighted by atomic mass is 9.85. The van der Waals surface area contributed by atoms with Crippen molar-refractivity contribution in [3.8, 4) is 11.5 Å². The second-order valence-electron chi connectivity index (χ2n) is 8.40. The van der Waals surface area contributed by atoms with Crippen LogP contribution in [0.1, 0.15) is 53.3 Å². The number of rotatable bonds is 4. The zero-order valence-corrected chi connectivity index (χ0v) is 17.6. The van der Waals surface area contributed by atoms with E-state index in [1.165, 1.54) is 0 Å². The summed E-state index contributed by atoms with van der Waals surface area (Å²) in [6.45, 7) is 1.06. The highest BCUT2D eigenvalue weighted by atomic mass is 16.6. The molecular weight excluding hydrogens is 394 g/mol. The van der Waals surface area contributed by atoms with Gasteiger partial charge in [-0.05, 0) is 55.2 Å². The first-order valence-corrected chi connectivity index (χ1v) is 10.9. The Hall–Kier alpha value is -3.06. The van der Waals surface area contributed by atoms with Crippen LogP contribution in [0.25, 0.3) is 11.0 Å². The maximum atomic E-state index is 12.9. The molecule has 2 unspecified atom stereocenters. The molecule has 1 amide bonds. The van der Waals surface area contributed by atoms with E-state index in [1.54, 1.807) is 18.2 Å². The molecule has 31 heavy (non-hydrogen) atoms. The molecule has 162 valence electrons. The smallest absolute Gasteiger partial charge is 0.251 e. The number of hydrogen-bond donors (Lipinski definition) is 2. The number of hydrogen-bond acceptors (Lipinski definition) is 5. The van der Waals surface area contributed by atoms with Crippen molar-refractivity contribution in [2.75, 3.05) is 13.2 Å². The van der Waals surface area contributed by atoms with Crippen molar-refractivity contribution in [3.05, 3.63) is 53.3 Å². The molecule has 2 N–H and O–H groups in total. The van der Waals surface area contributed by atoms with E-state index in [9.17, 15) is 9.90 Å². The van der Waals surface area contributed by atoms with Gasteiger partial charge in [0.25, 0.3) is 5.91 Å². The molecule has 2 aliphatic rings. The third-order valence-corrected chi connectivity index (χ3v) is 6.34. The number of benzene rings is 2. The van der Waals surface area contributed by atoms with Gasteiger partial charge in [0, 0.05) is 24.6 Å². The van der Waals surface area contributed by atoms with E-state index in [4.69, 9.17) is 14.5 Å². The van der Waals surface area contributed by atoms with Crippen molar-refractivity contribution in [1.82, 2.24) is 14.9 Å². The van der Waals surface area contributed by atoms with E-state index in [0.29, 0.717) is 30.3 Å². The maximum absolute atomic E-state index is 12.9. The van der Waals surface area contributed by atoms with Crippen LogP contribution < -0.4 is 14.8 Å². The van der Waals surface area contributed by atoms with Gasteiger partial charge in [0.1, 0.15) is 19.0 Å². The summed E-state index contributed by atoms with van der Waals surface area (Å²) in [4.78, 5) is 17.7. The summed E-state index contributed by atoms with van der Waals surface area (Å²) >= 11 is 0. The monoisotopic (exact) mass is 421 g/mol. The summed E-state index contributed by atoms with van der Waals surface area (Å²) in [6, 6.07) is 11.3. The zero-order chi connectivity index (χ0) is 21.4. The van der Waals surface area contributed by atoms with Crippen LogP contribution in [0.2, 0.25) is 0 Å². The molecule has 0 saturated heterocycles. The molecule has 1 aliphatic carbocycles. The Bertz CT molecular complexity index is 1120. The predicted molar refractivity (Wildman–Crippen MR) is 117 cm³/mol. The average molecular weight is 421 g/mol. The van der Waals surface area contributed by atoms with Crippen LogP contribution in [-0.4, -0.2) is 39.8 Å². The minimum Gasteiger partial charge on any atom is -0.486 e. The summed E-state index contributed by atoms with van der Waals surface area (Å²) in [6.07, 6.45) is 3.92. The highest BCUT2D eigenvalue weighted by Gasteiger charge is 2.28. The van der Waals surface area contributed by atoms with Crippen molar-refractivity contribution in [2.45, 2.75) is 44.2 Å². The van der Waals surface area contributed by atoms with E-state index in [0.717, 1.165) is 48.1 Å². The molecule has 1 aromatic heterocycles. The number of aliphatic hydroxyl groups is 1. The molecule has 2 atom stereocenters. The van der Waals surface area contributed by atoms with Crippen LogP contribution in [0.5, 0.6) is 11.5 Å². The molecule has 5 rings (SSSR count). The van der Waals surface area contributed by atoms with Gasteiger partial charge < -0.3 is 24.5 Å². The van der Waals surface area contributed by atoms with Gasteiger partial charge >= 0.3 is 0 Å². The van der Waals surface area contributed by atoms with E-state index in [2.05, 4.69) is 9.88 Å². The molecule has 1 aliphatic heterocycles. The van der Waals surface area contributed by atoms with Gasteiger partial charge in [-0.15, -0.1) is 0 Å². The van der Waals surface area contributed by atoms with E-state index >= 15 is 0 Å². The fraction of sp³-hybridized carbons (Fsp3) is 0.417. The molecule has 2 heterocycles. The van der Waals surface area contributed by atoms with Crippen molar-refractivity contribution >= 4 is 16.9 Å². The van der Waals surface area contributed by atoms with Crippen LogP contribution in [-0.2, 0) is 13.7 Å². The maximum Gasteiger partial charge on any atom is 0.251 e. The molecule has 7 nitrogen and oxygen atoms in total. The van der Waals surface area contributed by atoms with Gasteiger partial charge in [0.15, 0.2) is 11.5 Å². The summed E-state index contributed by atoms with van der Waals surface area (Å²) in [7, 11) is 2.03. The standard InChI is InChI=1S/C24H27N3O4/c1-27-20-11-15(14-28)5-7-19(20)26-23(27)16-3-2-4-18(12-16)25-24(29)17-6-8-21-22(13-17)31-10-9-30-21/h5-8,11,13,16,18,28H,2-4,9-10,12,14H2,1H3,(H,25,29). The van der Waals surface area contributed by atoms with Crippen LogP contribution >= 0.6 is 0 Å². The second-order valence-corrected chi connectivity index (χ2v) is 8.40. The topological polar surface area (TPSA) is 85.6 Å². The summed E-state index contributed by atoms with van der Waals surface area (Å²) in [5.74, 6) is 2.56. The largest absolute Gasteiger partial charge is 0.486 e. The van der Waals surface area contributed by atoms with Gasteiger partial charge in [0.2, 0.25) is 0 Å². The number of aromatic nitrogens is 2. The first-order valence-electron chi connectivity index (χ1n) is 10.9. The number of aliphatic hydroxyl groups excluding tert-OH is 1. The summed E-state index contributed by atoms with van der Waals surface area (Å²) < 4.78 is 13.3. The fourth-order valence-corrected chi connectivity index (χ4v) is 4.73. The van der Waals surface area contributed by atoms with Crippen molar-refractivity contribution in [3.63, 3.8) is 0 Å². The van der Waals surface area contributed by atoms with Crippen LogP contribution in [0.15, 0.2) is 36.4 Å². The minimum atomic E-state index is -0.0831. The molecule has 2 aromatic carbocycles. The summed E-state index contributed by atoms with van der Waals surface area (Å²) in [5.41, 5.74) is 3.45. The number of nitrogens with one attached hydrogen (secondary N) is 1. The number of nitrogens with zero attached hydrogens (tertiary/aromatic N) is 2. The van der Waals surface area contributed by atoms with Gasteiger partial charge in [-0.25, -0.2) is 4.98 Å². The Morgan fingerprint density at radius 3 is 2.84 bits per heavy atom. The quantitative estimate of drug-likeness (QED) is 0.675.